The molecule has 0 aromatic heterocycles. The second-order valence-corrected chi connectivity index (χ2v) is 6.13. The summed E-state index contributed by atoms with van der Waals surface area (Å²) in [5.41, 5.74) is 0.319. The van der Waals surface area contributed by atoms with Gasteiger partial charge in [-0.1, -0.05) is 15.9 Å². The van der Waals surface area contributed by atoms with Gasteiger partial charge in [0.05, 0.1) is 10.6 Å². The third-order valence-corrected chi connectivity index (χ3v) is 4.42. The van der Waals surface area contributed by atoms with Crippen molar-refractivity contribution in [3.05, 3.63) is 28.2 Å². The Bertz CT molecular complexity index is 505. The number of benzene rings is 1. The second-order valence-electron chi connectivity index (χ2n) is 3.13. The van der Waals surface area contributed by atoms with Gasteiger partial charge in [0, 0.05) is 16.5 Å². The van der Waals surface area contributed by atoms with Crippen LogP contribution in [-0.4, -0.2) is 20.0 Å². The zero-order chi connectivity index (χ0) is 10.3. The van der Waals surface area contributed by atoms with Crippen LogP contribution in [-0.2, 0) is 9.84 Å². The Hall–Kier alpha value is -0.680. The van der Waals surface area contributed by atoms with Crippen LogP contribution in [0.25, 0.3) is 0 Å². The predicted molar refractivity (Wildman–Crippen MR) is 55.1 cm³/mol. The van der Waals surface area contributed by atoms with Crippen molar-refractivity contribution in [2.24, 2.45) is 0 Å². The van der Waals surface area contributed by atoms with Gasteiger partial charge in [-0.2, -0.15) is 0 Å². The van der Waals surface area contributed by atoms with E-state index in [1.165, 1.54) is 6.07 Å². The molecule has 0 spiro atoms. The van der Waals surface area contributed by atoms with Gasteiger partial charge >= 0.3 is 0 Å². The van der Waals surface area contributed by atoms with Crippen LogP contribution in [0.1, 0.15) is 16.8 Å². The van der Waals surface area contributed by atoms with Gasteiger partial charge in [0.1, 0.15) is 0 Å². The Kier molecular flexibility index (Phi) is 2.23. The van der Waals surface area contributed by atoms with Crippen LogP contribution in [0.4, 0.5) is 0 Å². The molecule has 0 fully saturated rings. The minimum absolute atomic E-state index is 0.0741. The zero-order valence-corrected chi connectivity index (χ0v) is 9.56. The van der Waals surface area contributed by atoms with Crippen molar-refractivity contribution in [1.29, 1.82) is 0 Å². The van der Waals surface area contributed by atoms with Crippen molar-refractivity contribution >= 4 is 31.6 Å². The number of Topliss-reactive ketones (excluding diaryl/α,β-unsaturated/α-hetero) is 1. The molecular weight excluding hydrogens is 268 g/mol. The number of sulfone groups is 1. The highest BCUT2D eigenvalue weighted by molar-refractivity contribution is 9.10. The lowest BCUT2D eigenvalue weighted by molar-refractivity contribution is 0.0983. The number of hydrogen-bond donors (Lipinski definition) is 0. The zero-order valence-electron chi connectivity index (χ0n) is 7.16. The van der Waals surface area contributed by atoms with Crippen molar-refractivity contribution in [2.75, 3.05) is 5.75 Å². The van der Waals surface area contributed by atoms with Crippen molar-refractivity contribution < 1.29 is 13.2 Å². The third kappa shape index (κ3) is 1.50. The average molecular weight is 275 g/mol. The largest absolute Gasteiger partial charge is 0.294 e. The number of ketones is 1. The lowest BCUT2D eigenvalue weighted by Crippen LogP contribution is -2.21. The SMILES string of the molecule is O=C1CCS(=O)(=O)c2cc(Br)ccc21. The van der Waals surface area contributed by atoms with E-state index in [9.17, 15) is 13.2 Å². The van der Waals surface area contributed by atoms with E-state index in [1.54, 1.807) is 12.1 Å². The quantitative estimate of drug-likeness (QED) is 0.725. The molecule has 1 aliphatic rings. The molecule has 1 aromatic rings. The predicted octanol–water partition coefficient (Wildman–Crippen LogP) is 1.81. The smallest absolute Gasteiger partial charge is 0.179 e. The second kappa shape index (κ2) is 3.17. The number of carbonyl (C=O) groups excluding carboxylic acids is 1. The molecule has 0 bridgehead atoms. The summed E-state index contributed by atoms with van der Waals surface area (Å²) < 4.78 is 23.9. The molecule has 2 rings (SSSR count). The molecule has 0 radical (unpaired) electrons. The first-order chi connectivity index (χ1) is 6.50. The fourth-order valence-electron chi connectivity index (χ4n) is 1.46. The summed E-state index contributed by atoms with van der Waals surface area (Å²) in [5.74, 6) is -0.169. The first kappa shape index (κ1) is 9.86. The summed E-state index contributed by atoms with van der Waals surface area (Å²) in [4.78, 5) is 11.6. The molecule has 3 nitrogen and oxygen atoms in total. The van der Waals surface area contributed by atoms with Gasteiger partial charge in [-0.25, -0.2) is 8.42 Å². The minimum atomic E-state index is -3.25. The lowest BCUT2D eigenvalue weighted by Gasteiger charge is -2.14. The van der Waals surface area contributed by atoms with Gasteiger partial charge in [-0.15, -0.1) is 0 Å². The van der Waals surface area contributed by atoms with E-state index in [0.29, 0.717) is 10.0 Å². The highest BCUT2D eigenvalue weighted by Gasteiger charge is 2.28. The maximum atomic E-state index is 11.6. The van der Waals surface area contributed by atoms with E-state index in [0.717, 1.165) is 0 Å². The van der Waals surface area contributed by atoms with Crippen LogP contribution in [0, 0.1) is 0 Å². The molecule has 1 aromatic carbocycles. The van der Waals surface area contributed by atoms with Gasteiger partial charge in [-0.3, -0.25) is 4.79 Å². The highest BCUT2D eigenvalue weighted by atomic mass is 79.9. The number of carbonyl (C=O) groups is 1. The Morgan fingerprint density at radius 2 is 2.00 bits per heavy atom. The molecular formula is C9H7BrO3S. The van der Waals surface area contributed by atoms with E-state index in [-0.39, 0.29) is 22.9 Å². The van der Waals surface area contributed by atoms with Crippen LogP contribution >= 0.6 is 15.9 Å². The van der Waals surface area contributed by atoms with Crippen molar-refractivity contribution in [1.82, 2.24) is 0 Å². The molecule has 0 N–H and O–H groups in total. The number of fused-ring (bicyclic) bond motifs is 1. The molecule has 74 valence electrons. The monoisotopic (exact) mass is 274 g/mol. The Balaban J connectivity index is 2.77. The molecule has 1 aliphatic heterocycles. The van der Waals surface area contributed by atoms with Gasteiger partial charge in [-0.05, 0) is 18.2 Å². The molecule has 0 unspecified atom stereocenters. The summed E-state index contributed by atoms with van der Waals surface area (Å²) in [6, 6.07) is 4.72. The van der Waals surface area contributed by atoms with E-state index in [2.05, 4.69) is 15.9 Å². The van der Waals surface area contributed by atoms with Crippen molar-refractivity contribution in [3.8, 4) is 0 Å². The standard InChI is InChI=1S/C9H7BrO3S/c10-6-1-2-7-8(11)3-4-14(12,13)9(7)5-6/h1-2,5H,3-4H2. The molecule has 0 amide bonds. The summed E-state index contributed by atoms with van der Waals surface area (Å²) in [7, 11) is -3.25. The maximum Gasteiger partial charge on any atom is 0.179 e. The Morgan fingerprint density at radius 3 is 2.71 bits per heavy atom. The van der Waals surface area contributed by atoms with Crippen LogP contribution < -0.4 is 0 Å². The van der Waals surface area contributed by atoms with Crippen LogP contribution in [0.15, 0.2) is 27.6 Å². The summed E-state index contributed by atoms with van der Waals surface area (Å²) in [6.45, 7) is 0. The Labute approximate surface area is 90.2 Å². The van der Waals surface area contributed by atoms with E-state index in [4.69, 9.17) is 0 Å². The maximum absolute atomic E-state index is 11.6. The summed E-state index contributed by atoms with van der Waals surface area (Å²) in [5, 5.41) is 0. The molecule has 0 saturated heterocycles. The summed E-state index contributed by atoms with van der Waals surface area (Å²) >= 11 is 3.19. The highest BCUT2D eigenvalue weighted by Crippen LogP contribution is 2.27. The van der Waals surface area contributed by atoms with E-state index < -0.39 is 9.84 Å². The lowest BCUT2D eigenvalue weighted by atomic mass is 10.1. The van der Waals surface area contributed by atoms with Crippen LogP contribution in [0.5, 0.6) is 0 Å². The topological polar surface area (TPSA) is 51.2 Å². The molecule has 0 atom stereocenters. The number of rotatable bonds is 0. The fourth-order valence-corrected chi connectivity index (χ4v) is 3.47. The normalized spacial score (nSPS) is 19.1. The van der Waals surface area contributed by atoms with Gasteiger partial charge in [0.2, 0.25) is 0 Å². The first-order valence-electron chi connectivity index (χ1n) is 4.06. The van der Waals surface area contributed by atoms with Crippen molar-refractivity contribution in [3.63, 3.8) is 0 Å². The molecule has 5 heteroatoms. The van der Waals surface area contributed by atoms with Gasteiger partial charge < -0.3 is 0 Å². The molecule has 1 heterocycles. The number of hydrogen-bond acceptors (Lipinski definition) is 3. The van der Waals surface area contributed by atoms with E-state index >= 15 is 0 Å². The van der Waals surface area contributed by atoms with Crippen LogP contribution in [0.2, 0.25) is 0 Å². The Morgan fingerprint density at radius 1 is 1.29 bits per heavy atom. The molecule has 0 aliphatic carbocycles. The van der Waals surface area contributed by atoms with E-state index in [1.807, 2.05) is 0 Å². The van der Waals surface area contributed by atoms with Gasteiger partial charge in [0.25, 0.3) is 0 Å². The summed E-state index contributed by atoms with van der Waals surface area (Å²) in [6.07, 6.45) is 0.0942. The third-order valence-electron chi connectivity index (χ3n) is 2.18. The minimum Gasteiger partial charge on any atom is -0.294 e. The molecule has 0 saturated carbocycles. The van der Waals surface area contributed by atoms with Crippen LogP contribution in [0.3, 0.4) is 0 Å². The van der Waals surface area contributed by atoms with Crippen molar-refractivity contribution in [2.45, 2.75) is 11.3 Å². The fraction of sp³-hybridized carbons (Fsp3) is 0.222. The molecule has 14 heavy (non-hydrogen) atoms. The average Bonchev–Trinajstić information content (AvgIpc) is 2.12. The first-order valence-corrected chi connectivity index (χ1v) is 6.51. The van der Waals surface area contributed by atoms with Gasteiger partial charge in [0.15, 0.2) is 15.6 Å². The number of halogens is 1.